The van der Waals surface area contributed by atoms with Crippen LogP contribution in [0.1, 0.15) is 19.4 Å². The van der Waals surface area contributed by atoms with Crippen LogP contribution >= 0.6 is 0 Å². The Morgan fingerprint density at radius 3 is 2.27 bits per heavy atom. The Labute approximate surface area is 122 Å². The third-order valence-corrected chi connectivity index (χ3v) is 3.66. The number of methoxy groups -OCH3 is 1. The first-order chi connectivity index (χ1) is 10.0. The molecule has 1 atom stereocenters. The zero-order valence-electron chi connectivity index (χ0n) is 11.8. The Bertz CT molecular complexity index is 678. The molecular weight excluding hydrogens is 311 g/mol. The van der Waals surface area contributed by atoms with E-state index in [-0.39, 0.29) is 5.56 Å². The molecule has 2 rings (SSSR count). The molecule has 22 heavy (non-hydrogen) atoms. The van der Waals surface area contributed by atoms with Crippen LogP contribution in [-0.4, -0.2) is 24.9 Å². The number of ether oxygens (including phenoxy) is 2. The highest BCUT2D eigenvalue weighted by Gasteiger charge is 2.60. The van der Waals surface area contributed by atoms with Crippen molar-refractivity contribution in [1.29, 1.82) is 0 Å². The summed E-state index contributed by atoms with van der Waals surface area (Å²) in [6.07, 6.45) is -4.85. The van der Waals surface area contributed by atoms with Gasteiger partial charge in [-0.05, 0) is 31.6 Å². The molecule has 0 saturated heterocycles. The molecular formula is C14H11F5O3. The number of hydrogen-bond donors (Lipinski definition) is 0. The summed E-state index contributed by atoms with van der Waals surface area (Å²) in [5.41, 5.74) is -4.06. The smallest absolute Gasteiger partial charge is 0.432 e. The predicted molar refractivity (Wildman–Crippen MR) is 66.1 cm³/mol. The van der Waals surface area contributed by atoms with Gasteiger partial charge in [-0.15, -0.1) is 0 Å². The first-order valence-electron chi connectivity index (χ1n) is 6.08. The van der Waals surface area contributed by atoms with E-state index in [1.165, 1.54) is 0 Å². The summed E-state index contributed by atoms with van der Waals surface area (Å²) in [7, 11) is 1.01. The Kier molecular flexibility index (Phi) is 3.67. The van der Waals surface area contributed by atoms with Crippen LogP contribution in [-0.2, 0) is 9.53 Å². The second kappa shape index (κ2) is 4.96. The summed E-state index contributed by atoms with van der Waals surface area (Å²) < 4.78 is 75.4. The van der Waals surface area contributed by atoms with Gasteiger partial charge in [0.15, 0.2) is 11.6 Å². The number of hydrogen-bond acceptors (Lipinski definition) is 3. The second-order valence-electron chi connectivity index (χ2n) is 4.86. The Morgan fingerprint density at radius 2 is 1.82 bits per heavy atom. The van der Waals surface area contributed by atoms with Gasteiger partial charge < -0.3 is 9.47 Å². The molecule has 0 aliphatic carbocycles. The van der Waals surface area contributed by atoms with Crippen LogP contribution in [0.25, 0.3) is 5.57 Å². The van der Waals surface area contributed by atoms with Gasteiger partial charge in [0, 0.05) is 5.56 Å². The normalized spacial score (nSPS) is 22.1. The van der Waals surface area contributed by atoms with Crippen LogP contribution < -0.4 is 4.74 Å². The van der Waals surface area contributed by atoms with E-state index in [9.17, 15) is 26.7 Å². The average Bonchev–Trinajstić information content (AvgIpc) is 2.64. The zero-order valence-corrected chi connectivity index (χ0v) is 11.8. The van der Waals surface area contributed by atoms with Crippen molar-refractivity contribution in [3.05, 3.63) is 34.9 Å². The van der Waals surface area contributed by atoms with E-state index >= 15 is 0 Å². The van der Waals surface area contributed by atoms with Gasteiger partial charge in [0.25, 0.3) is 0 Å². The molecule has 0 bridgehead atoms. The lowest BCUT2D eigenvalue weighted by molar-refractivity contribution is -0.242. The molecule has 0 N–H and O–H groups in total. The lowest BCUT2D eigenvalue weighted by atomic mass is 9.91. The molecule has 120 valence electrons. The largest absolute Gasteiger partial charge is 0.493 e. The summed E-state index contributed by atoms with van der Waals surface area (Å²) in [5.74, 6) is -4.57. The molecule has 0 saturated carbocycles. The van der Waals surface area contributed by atoms with Crippen molar-refractivity contribution in [2.45, 2.75) is 25.6 Å². The number of cyclic esters (lactones) is 1. The second-order valence-corrected chi connectivity index (χ2v) is 4.86. The molecule has 8 heteroatoms. The maximum absolute atomic E-state index is 13.7. The zero-order chi connectivity index (χ0) is 16.9. The molecule has 1 unspecified atom stereocenters. The lowest BCUT2D eigenvalue weighted by Crippen LogP contribution is -2.43. The van der Waals surface area contributed by atoms with Crippen LogP contribution in [0.3, 0.4) is 0 Å². The first-order valence-corrected chi connectivity index (χ1v) is 6.08. The van der Waals surface area contributed by atoms with Crippen molar-refractivity contribution in [1.82, 2.24) is 0 Å². The lowest BCUT2D eigenvalue weighted by Gasteiger charge is -2.27. The van der Waals surface area contributed by atoms with E-state index in [1.54, 1.807) is 0 Å². The number of halogens is 5. The number of alkyl halides is 3. The topological polar surface area (TPSA) is 35.5 Å². The molecule has 0 spiro atoms. The van der Waals surface area contributed by atoms with Gasteiger partial charge in [-0.25, -0.2) is 9.18 Å². The summed E-state index contributed by atoms with van der Waals surface area (Å²) in [6.45, 7) is 1.74. The maximum Gasteiger partial charge on any atom is 0.432 e. The third-order valence-electron chi connectivity index (χ3n) is 3.66. The Balaban J connectivity index is 2.72. The van der Waals surface area contributed by atoms with Crippen molar-refractivity contribution in [2.24, 2.45) is 0 Å². The molecule has 0 fully saturated rings. The number of carbonyl (C=O) groups excluding carboxylic acids is 1. The fourth-order valence-corrected chi connectivity index (χ4v) is 2.22. The minimum atomic E-state index is -4.85. The van der Waals surface area contributed by atoms with Crippen molar-refractivity contribution >= 4 is 11.5 Å². The van der Waals surface area contributed by atoms with Crippen molar-refractivity contribution in [3.63, 3.8) is 0 Å². The minimum Gasteiger partial charge on any atom is -0.493 e. The quantitative estimate of drug-likeness (QED) is 0.616. The molecule has 1 aromatic rings. The van der Waals surface area contributed by atoms with Crippen LogP contribution in [0.15, 0.2) is 17.7 Å². The van der Waals surface area contributed by atoms with Gasteiger partial charge in [-0.3, -0.25) is 0 Å². The van der Waals surface area contributed by atoms with Gasteiger partial charge in [0.05, 0.1) is 12.7 Å². The van der Waals surface area contributed by atoms with Crippen LogP contribution in [0.4, 0.5) is 22.0 Å². The molecule has 0 amide bonds. The number of carbonyl (C=O) groups is 1. The van der Waals surface area contributed by atoms with E-state index in [0.717, 1.165) is 20.1 Å². The minimum absolute atomic E-state index is 0.295. The van der Waals surface area contributed by atoms with E-state index < -0.39 is 46.3 Å². The Hall–Kier alpha value is -2.12. The van der Waals surface area contributed by atoms with E-state index in [4.69, 9.17) is 0 Å². The highest BCUT2D eigenvalue weighted by Crippen LogP contribution is 2.48. The van der Waals surface area contributed by atoms with E-state index in [0.29, 0.717) is 13.0 Å². The Morgan fingerprint density at radius 1 is 1.23 bits per heavy atom. The van der Waals surface area contributed by atoms with E-state index in [1.807, 2.05) is 0 Å². The van der Waals surface area contributed by atoms with Gasteiger partial charge in [-0.2, -0.15) is 17.6 Å². The molecule has 1 aliphatic heterocycles. The first kappa shape index (κ1) is 16.3. The molecule has 1 heterocycles. The SMILES string of the molecule is COc1c(C2=C(C)C(C)(C(F)(F)F)OC2=O)ccc(F)c1F. The van der Waals surface area contributed by atoms with Gasteiger partial charge >= 0.3 is 12.1 Å². The molecule has 1 aliphatic rings. The highest BCUT2D eigenvalue weighted by molar-refractivity contribution is 6.20. The van der Waals surface area contributed by atoms with Crippen LogP contribution in [0, 0.1) is 11.6 Å². The number of benzene rings is 1. The fraction of sp³-hybridized carbons (Fsp3) is 0.357. The molecule has 0 radical (unpaired) electrons. The van der Waals surface area contributed by atoms with Gasteiger partial charge in [0.1, 0.15) is 0 Å². The average molecular weight is 322 g/mol. The van der Waals surface area contributed by atoms with Crippen molar-refractivity contribution in [2.75, 3.05) is 7.11 Å². The van der Waals surface area contributed by atoms with Crippen molar-refractivity contribution in [3.8, 4) is 5.75 Å². The van der Waals surface area contributed by atoms with Gasteiger partial charge in [0.2, 0.25) is 11.4 Å². The summed E-state index contributed by atoms with van der Waals surface area (Å²) >= 11 is 0. The predicted octanol–water partition coefficient (Wildman–Crippen LogP) is 3.62. The summed E-state index contributed by atoms with van der Waals surface area (Å²) in [6, 6.07) is 1.67. The fourth-order valence-electron chi connectivity index (χ4n) is 2.22. The monoisotopic (exact) mass is 322 g/mol. The van der Waals surface area contributed by atoms with E-state index in [2.05, 4.69) is 9.47 Å². The molecule has 0 aromatic heterocycles. The summed E-state index contributed by atoms with van der Waals surface area (Å²) in [4.78, 5) is 11.9. The number of esters is 1. The maximum atomic E-state index is 13.7. The van der Waals surface area contributed by atoms with Crippen LogP contribution in [0.2, 0.25) is 0 Å². The van der Waals surface area contributed by atoms with Crippen molar-refractivity contribution < 1.29 is 36.2 Å². The molecule has 1 aromatic carbocycles. The van der Waals surface area contributed by atoms with Crippen LogP contribution in [0.5, 0.6) is 5.75 Å². The third kappa shape index (κ3) is 2.13. The number of rotatable bonds is 2. The highest BCUT2D eigenvalue weighted by atomic mass is 19.4. The standard InChI is InChI=1S/C14H11F5O3/c1-6-9(12(20)22-13(6,2)14(17,18)19)7-4-5-8(15)10(16)11(7)21-3/h4-5H,1-3H3. The van der Waals surface area contributed by atoms with Gasteiger partial charge in [-0.1, -0.05) is 0 Å². The summed E-state index contributed by atoms with van der Waals surface area (Å²) in [5, 5.41) is 0. The molecule has 3 nitrogen and oxygen atoms in total.